The molecule has 4 fully saturated rings. The summed E-state index contributed by atoms with van der Waals surface area (Å²) in [6.07, 6.45) is 14.7. The second kappa shape index (κ2) is 4.88. The number of ketones is 1. The Morgan fingerprint density at radius 1 is 1.04 bits per heavy atom. The fraction of sp³-hybridized carbons (Fsp3) is 0.864. The third kappa shape index (κ3) is 1.91. The van der Waals surface area contributed by atoms with Crippen molar-refractivity contribution in [2.75, 3.05) is 0 Å². The van der Waals surface area contributed by atoms with E-state index in [1.54, 1.807) is 0 Å². The zero-order valence-electron chi connectivity index (χ0n) is 15.5. The van der Waals surface area contributed by atoms with Gasteiger partial charge in [0.25, 0.3) is 0 Å². The van der Waals surface area contributed by atoms with Crippen molar-refractivity contribution in [3.63, 3.8) is 0 Å². The normalized spacial score (nSPS) is 56.8. The topological polar surface area (TPSA) is 37.3 Å². The van der Waals surface area contributed by atoms with Gasteiger partial charge in [-0.15, -0.1) is 6.42 Å². The van der Waals surface area contributed by atoms with Crippen LogP contribution in [0.1, 0.15) is 78.6 Å². The Bertz CT molecular complexity index is 618. The minimum absolute atomic E-state index is 0.0422. The lowest BCUT2D eigenvalue weighted by molar-refractivity contribution is -0.179. The van der Waals surface area contributed by atoms with E-state index in [0.29, 0.717) is 23.5 Å². The largest absolute Gasteiger partial charge is 0.378 e. The number of hydrogen-bond acceptors (Lipinski definition) is 2. The van der Waals surface area contributed by atoms with Crippen LogP contribution in [0.3, 0.4) is 0 Å². The molecule has 7 atom stereocenters. The third-order valence-corrected chi connectivity index (χ3v) is 9.38. The highest BCUT2D eigenvalue weighted by atomic mass is 16.3. The summed E-state index contributed by atoms with van der Waals surface area (Å²) in [4.78, 5) is 12.5. The van der Waals surface area contributed by atoms with Crippen LogP contribution in [0.4, 0.5) is 0 Å². The zero-order chi connectivity index (χ0) is 17.4. The fourth-order valence-corrected chi connectivity index (χ4v) is 7.57. The first-order chi connectivity index (χ1) is 11.2. The van der Waals surface area contributed by atoms with Crippen LogP contribution in [-0.2, 0) is 4.79 Å². The predicted molar refractivity (Wildman–Crippen MR) is 95.1 cm³/mol. The minimum atomic E-state index is -0.909. The summed E-state index contributed by atoms with van der Waals surface area (Å²) < 4.78 is 0. The molecule has 0 unspecified atom stereocenters. The van der Waals surface area contributed by atoms with Crippen LogP contribution in [0.2, 0.25) is 0 Å². The molecule has 0 radical (unpaired) electrons. The van der Waals surface area contributed by atoms with Crippen molar-refractivity contribution in [2.24, 2.45) is 34.0 Å². The van der Waals surface area contributed by atoms with Crippen molar-refractivity contribution in [3.8, 4) is 12.3 Å². The molecule has 1 N–H and O–H groups in total. The quantitative estimate of drug-likeness (QED) is 0.671. The van der Waals surface area contributed by atoms with Crippen molar-refractivity contribution < 1.29 is 9.90 Å². The summed E-state index contributed by atoms with van der Waals surface area (Å²) >= 11 is 0. The van der Waals surface area contributed by atoms with E-state index in [9.17, 15) is 9.90 Å². The molecule has 0 aromatic carbocycles. The highest BCUT2D eigenvalue weighted by molar-refractivity contribution is 5.87. The van der Waals surface area contributed by atoms with Crippen LogP contribution in [-0.4, -0.2) is 16.5 Å². The summed E-state index contributed by atoms with van der Waals surface area (Å²) in [7, 11) is 0. The molecule has 4 saturated carbocycles. The maximum Gasteiger partial charge on any atom is 0.139 e. The number of aliphatic hydroxyl groups is 1. The fourth-order valence-electron chi connectivity index (χ4n) is 7.57. The molecule has 4 rings (SSSR count). The molecule has 0 aromatic rings. The first kappa shape index (κ1) is 16.6. The van der Waals surface area contributed by atoms with E-state index in [4.69, 9.17) is 6.42 Å². The van der Waals surface area contributed by atoms with Gasteiger partial charge >= 0.3 is 0 Å². The van der Waals surface area contributed by atoms with Crippen LogP contribution in [0.5, 0.6) is 0 Å². The molecule has 24 heavy (non-hydrogen) atoms. The summed E-state index contributed by atoms with van der Waals surface area (Å²) in [6.45, 7) is 7.09. The van der Waals surface area contributed by atoms with Gasteiger partial charge in [-0.25, -0.2) is 0 Å². The molecule has 2 nitrogen and oxygen atoms in total. The number of hydrogen-bond donors (Lipinski definition) is 1. The van der Waals surface area contributed by atoms with Crippen LogP contribution >= 0.6 is 0 Å². The Hall–Kier alpha value is -0.810. The molecular formula is C22H32O2. The standard InChI is InChI=1S/C22H32O2/c1-5-22(24)13-12-21(4)17-9-11-20(3)16(6-7-18(20)23)15(17)8-10-19(21,2)14-22/h1,15-17,24H,6-14H2,2-4H3/t15-,16-,17+,19-,20-,21+,22-/m0/s1. The van der Waals surface area contributed by atoms with E-state index in [2.05, 4.69) is 26.7 Å². The molecule has 0 saturated heterocycles. The maximum atomic E-state index is 12.5. The Morgan fingerprint density at radius 2 is 1.79 bits per heavy atom. The van der Waals surface area contributed by atoms with Gasteiger partial charge in [-0.2, -0.15) is 0 Å². The first-order valence-corrected chi connectivity index (χ1v) is 9.91. The van der Waals surface area contributed by atoms with Crippen LogP contribution in [0.15, 0.2) is 0 Å². The van der Waals surface area contributed by atoms with Gasteiger partial charge in [0.1, 0.15) is 11.4 Å². The van der Waals surface area contributed by atoms with Crippen molar-refractivity contribution in [2.45, 2.75) is 84.2 Å². The Morgan fingerprint density at radius 3 is 2.50 bits per heavy atom. The van der Waals surface area contributed by atoms with Gasteiger partial charge in [0.2, 0.25) is 0 Å². The SMILES string of the molecule is C#C[C@]1(O)CC[C@]2(C)[C@@H]3CC[C@]4(C)C(=O)CC[C@H]4[C@@H]3CC[C@@]2(C)C1. The average molecular weight is 328 g/mol. The van der Waals surface area contributed by atoms with Crippen LogP contribution < -0.4 is 0 Å². The van der Waals surface area contributed by atoms with Gasteiger partial charge in [-0.05, 0) is 80.0 Å². The van der Waals surface area contributed by atoms with Crippen molar-refractivity contribution in [3.05, 3.63) is 0 Å². The molecule has 0 aromatic heterocycles. The van der Waals surface area contributed by atoms with Gasteiger partial charge in [-0.3, -0.25) is 4.79 Å². The Kier molecular flexibility index (Phi) is 3.38. The second-order valence-electron chi connectivity index (χ2n) is 10.2. The molecular weight excluding hydrogens is 296 g/mol. The molecule has 0 heterocycles. The maximum absolute atomic E-state index is 12.5. The lowest BCUT2D eigenvalue weighted by atomic mass is 9.39. The Balaban J connectivity index is 1.68. The number of fused-ring (bicyclic) bond motifs is 5. The van der Waals surface area contributed by atoms with E-state index < -0.39 is 5.60 Å². The van der Waals surface area contributed by atoms with Gasteiger partial charge in [-0.1, -0.05) is 26.7 Å². The third-order valence-electron chi connectivity index (χ3n) is 9.38. The second-order valence-corrected chi connectivity index (χ2v) is 10.2. The monoisotopic (exact) mass is 328 g/mol. The lowest BCUT2D eigenvalue weighted by Gasteiger charge is -2.65. The molecule has 2 heteroatoms. The molecule has 4 aliphatic rings. The predicted octanol–water partition coefficient (Wildman–Crippen LogP) is 4.35. The molecule has 0 bridgehead atoms. The van der Waals surface area contributed by atoms with Gasteiger partial charge in [0.15, 0.2) is 0 Å². The van der Waals surface area contributed by atoms with E-state index in [1.165, 1.54) is 12.8 Å². The van der Waals surface area contributed by atoms with Crippen molar-refractivity contribution in [1.29, 1.82) is 0 Å². The van der Waals surface area contributed by atoms with Gasteiger partial charge < -0.3 is 5.11 Å². The summed E-state index contributed by atoms with van der Waals surface area (Å²) in [5.74, 6) is 5.20. The van der Waals surface area contributed by atoms with Gasteiger partial charge in [0, 0.05) is 11.8 Å². The molecule has 4 aliphatic carbocycles. The summed E-state index contributed by atoms with van der Waals surface area (Å²) in [6, 6.07) is 0. The summed E-state index contributed by atoms with van der Waals surface area (Å²) in [5.41, 5.74) is -0.567. The van der Waals surface area contributed by atoms with E-state index in [-0.39, 0.29) is 16.2 Å². The number of Topliss-reactive ketones (excluding diaryl/α,β-unsaturated/α-hetero) is 1. The van der Waals surface area contributed by atoms with E-state index >= 15 is 0 Å². The first-order valence-electron chi connectivity index (χ1n) is 9.91. The van der Waals surface area contributed by atoms with Gasteiger partial charge in [0.05, 0.1) is 0 Å². The highest BCUT2D eigenvalue weighted by Crippen LogP contribution is 2.70. The molecule has 0 aliphatic heterocycles. The molecule has 0 spiro atoms. The zero-order valence-corrected chi connectivity index (χ0v) is 15.5. The lowest BCUT2D eigenvalue weighted by Crippen LogP contribution is -2.60. The number of carbonyl (C=O) groups is 1. The minimum Gasteiger partial charge on any atom is -0.378 e. The van der Waals surface area contributed by atoms with Crippen molar-refractivity contribution in [1.82, 2.24) is 0 Å². The smallest absolute Gasteiger partial charge is 0.139 e. The van der Waals surface area contributed by atoms with Crippen molar-refractivity contribution >= 4 is 5.78 Å². The average Bonchev–Trinajstić information content (AvgIpc) is 2.84. The molecule has 132 valence electrons. The molecule has 0 amide bonds. The van der Waals surface area contributed by atoms with E-state index in [1.807, 2.05) is 0 Å². The van der Waals surface area contributed by atoms with E-state index in [0.717, 1.165) is 44.9 Å². The highest BCUT2D eigenvalue weighted by Gasteiger charge is 2.64. The number of rotatable bonds is 0. The number of terminal acetylenes is 1. The number of carbonyl (C=O) groups excluding carboxylic acids is 1. The summed E-state index contributed by atoms with van der Waals surface area (Å²) in [5, 5.41) is 10.7. The Labute approximate surface area is 146 Å². The van der Waals surface area contributed by atoms with Crippen LogP contribution in [0, 0.1) is 46.3 Å². The van der Waals surface area contributed by atoms with Crippen LogP contribution in [0.25, 0.3) is 0 Å².